The Morgan fingerprint density at radius 2 is 2.25 bits per heavy atom. The third-order valence-corrected chi connectivity index (χ3v) is 5.35. The normalized spacial score (nSPS) is 21.8. The fourth-order valence-corrected chi connectivity index (χ4v) is 3.71. The zero-order valence-corrected chi connectivity index (χ0v) is 16.2. The van der Waals surface area contributed by atoms with Gasteiger partial charge in [-0.1, -0.05) is 50.8 Å². The summed E-state index contributed by atoms with van der Waals surface area (Å²) in [7, 11) is 1.87. The number of rotatable bonds is 7. The van der Waals surface area contributed by atoms with E-state index in [4.69, 9.17) is 4.99 Å². The number of amidine groups is 1. The molecule has 0 aromatic heterocycles. The van der Waals surface area contributed by atoms with E-state index in [9.17, 15) is 0 Å². The van der Waals surface area contributed by atoms with Crippen LogP contribution in [0.5, 0.6) is 0 Å². The monoisotopic (exact) mass is 343 g/mol. The van der Waals surface area contributed by atoms with E-state index >= 15 is 0 Å². The number of fused-ring (bicyclic) bond motifs is 1. The average Bonchev–Trinajstić information content (AvgIpc) is 3.04. The lowest BCUT2D eigenvalue weighted by Crippen LogP contribution is -2.33. The summed E-state index contributed by atoms with van der Waals surface area (Å²) in [6.07, 6.45) is 9.69. The van der Waals surface area contributed by atoms with Crippen LogP contribution in [0.1, 0.15) is 40.0 Å². The zero-order valence-electron chi connectivity index (χ0n) is 15.4. The van der Waals surface area contributed by atoms with E-state index in [2.05, 4.69) is 47.9 Å². The maximum Gasteiger partial charge on any atom is 0.141 e. The molecular formula is C20H29N3S. The van der Waals surface area contributed by atoms with Crippen molar-refractivity contribution in [3.8, 4) is 0 Å². The van der Waals surface area contributed by atoms with E-state index in [0.717, 1.165) is 35.8 Å². The van der Waals surface area contributed by atoms with Gasteiger partial charge in [0, 0.05) is 29.8 Å². The van der Waals surface area contributed by atoms with Gasteiger partial charge in [0.2, 0.25) is 0 Å². The van der Waals surface area contributed by atoms with Gasteiger partial charge in [-0.2, -0.15) is 0 Å². The molecule has 2 aliphatic rings. The molecule has 0 amide bonds. The molecule has 0 saturated carbocycles. The van der Waals surface area contributed by atoms with Crippen LogP contribution in [0.4, 0.5) is 0 Å². The highest BCUT2D eigenvalue weighted by Crippen LogP contribution is 2.37. The van der Waals surface area contributed by atoms with Crippen LogP contribution in [0.15, 0.2) is 56.4 Å². The molecule has 1 saturated heterocycles. The second-order valence-corrected chi connectivity index (χ2v) is 7.08. The minimum atomic E-state index is 0.686. The number of nitrogens with zero attached hydrogens (tertiary/aromatic N) is 3. The Morgan fingerprint density at radius 1 is 1.46 bits per heavy atom. The molecule has 1 atom stereocenters. The van der Waals surface area contributed by atoms with E-state index in [1.54, 1.807) is 11.8 Å². The molecule has 2 aliphatic heterocycles. The topological polar surface area (TPSA) is 28.0 Å². The highest BCUT2D eigenvalue weighted by atomic mass is 32.2. The molecule has 0 N–H and O–H groups in total. The Balaban J connectivity index is 2.34. The SMILES string of the molecule is C=C(S/C=C\C)C1=NCC(C(/C=C\CC)=N/C)=C2CC(CC)CN12. The van der Waals surface area contributed by atoms with Crippen LogP contribution in [0.25, 0.3) is 0 Å². The predicted octanol–water partition coefficient (Wildman–Crippen LogP) is 5.20. The summed E-state index contributed by atoms with van der Waals surface area (Å²) in [5.74, 6) is 1.73. The van der Waals surface area contributed by atoms with Gasteiger partial charge in [-0.3, -0.25) is 9.98 Å². The zero-order chi connectivity index (χ0) is 17.5. The number of aliphatic imine (C=N–C) groups is 2. The van der Waals surface area contributed by atoms with Crippen molar-refractivity contribution in [3.05, 3.63) is 46.4 Å². The standard InChI is InChI=1S/C20H29N3S/c1-6-9-10-18(21-5)17-13-22-20(15(4)24-11-7-2)23-14-16(8-3)12-19(17)23/h7,9-11,16H,4,6,8,12-14H2,1-3,5H3/b10-9-,11-7-,21-18+. The van der Waals surface area contributed by atoms with Crippen LogP contribution < -0.4 is 0 Å². The molecule has 4 heteroatoms. The predicted molar refractivity (Wildman–Crippen MR) is 109 cm³/mol. The van der Waals surface area contributed by atoms with Crippen LogP contribution in [0.3, 0.4) is 0 Å². The highest BCUT2D eigenvalue weighted by Gasteiger charge is 2.34. The molecule has 24 heavy (non-hydrogen) atoms. The van der Waals surface area contributed by atoms with Gasteiger partial charge in [0.25, 0.3) is 0 Å². The lowest BCUT2D eigenvalue weighted by atomic mass is 10.00. The van der Waals surface area contributed by atoms with Gasteiger partial charge < -0.3 is 4.90 Å². The average molecular weight is 344 g/mol. The summed E-state index contributed by atoms with van der Waals surface area (Å²) in [5, 5.41) is 2.07. The highest BCUT2D eigenvalue weighted by molar-refractivity contribution is 8.06. The Kier molecular flexibility index (Phi) is 7.10. The summed E-state index contributed by atoms with van der Waals surface area (Å²) in [6.45, 7) is 12.4. The summed E-state index contributed by atoms with van der Waals surface area (Å²) in [5.41, 5.74) is 3.75. The van der Waals surface area contributed by atoms with Crippen molar-refractivity contribution in [2.45, 2.75) is 40.0 Å². The molecule has 130 valence electrons. The largest absolute Gasteiger partial charge is 0.329 e. The minimum absolute atomic E-state index is 0.686. The first-order valence-corrected chi connectivity index (χ1v) is 9.68. The first kappa shape index (κ1) is 18.8. The number of hydrogen-bond acceptors (Lipinski definition) is 4. The molecule has 0 aromatic carbocycles. The Bertz CT molecular complexity index is 623. The molecule has 0 aliphatic carbocycles. The van der Waals surface area contributed by atoms with Gasteiger partial charge in [-0.15, -0.1) is 0 Å². The van der Waals surface area contributed by atoms with Crippen molar-refractivity contribution in [2.75, 3.05) is 20.1 Å². The van der Waals surface area contributed by atoms with Crippen molar-refractivity contribution in [3.63, 3.8) is 0 Å². The van der Waals surface area contributed by atoms with Gasteiger partial charge >= 0.3 is 0 Å². The quantitative estimate of drug-likeness (QED) is 0.594. The second kappa shape index (κ2) is 9.07. The van der Waals surface area contributed by atoms with Crippen molar-refractivity contribution in [1.82, 2.24) is 4.90 Å². The lowest BCUT2D eigenvalue weighted by Gasteiger charge is -2.29. The first-order chi connectivity index (χ1) is 11.7. The maximum absolute atomic E-state index is 4.87. The van der Waals surface area contributed by atoms with Crippen molar-refractivity contribution >= 4 is 23.3 Å². The van der Waals surface area contributed by atoms with Crippen LogP contribution in [0, 0.1) is 5.92 Å². The van der Waals surface area contributed by atoms with Crippen LogP contribution in [-0.2, 0) is 0 Å². The molecule has 2 rings (SSSR count). The Labute approximate surface area is 151 Å². The molecule has 1 unspecified atom stereocenters. The second-order valence-electron chi connectivity index (χ2n) is 6.08. The van der Waals surface area contributed by atoms with Crippen LogP contribution >= 0.6 is 11.8 Å². The van der Waals surface area contributed by atoms with E-state index in [0.29, 0.717) is 12.5 Å². The third kappa shape index (κ3) is 4.10. The number of hydrogen-bond donors (Lipinski definition) is 0. The van der Waals surface area contributed by atoms with Gasteiger partial charge in [0.15, 0.2) is 0 Å². The van der Waals surface area contributed by atoms with E-state index in [1.165, 1.54) is 17.7 Å². The fourth-order valence-electron chi connectivity index (χ4n) is 3.13. The summed E-state index contributed by atoms with van der Waals surface area (Å²) in [4.78, 5) is 12.8. The fraction of sp³-hybridized carbons (Fsp3) is 0.500. The van der Waals surface area contributed by atoms with Gasteiger partial charge in [-0.05, 0) is 37.2 Å². The molecular weight excluding hydrogens is 314 g/mol. The molecule has 0 radical (unpaired) electrons. The lowest BCUT2D eigenvalue weighted by molar-refractivity contribution is 0.487. The molecule has 0 spiro atoms. The molecule has 0 bridgehead atoms. The summed E-state index contributed by atoms with van der Waals surface area (Å²) < 4.78 is 0. The van der Waals surface area contributed by atoms with Gasteiger partial charge in [-0.25, -0.2) is 0 Å². The van der Waals surface area contributed by atoms with Gasteiger partial charge in [0.05, 0.1) is 12.3 Å². The Morgan fingerprint density at radius 3 is 2.88 bits per heavy atom. The van der Waals surface area contributed by atoms with Crippen molar-refractivity contribution in [2.24, 2.45) is 15.9 Å². The van der Waals surface area contributed by atoms with Gasteiger partial charge in [0.1, 0.15) is 5.84 Å². The minimum Gasteiger partial charge on any atom is -0.329 e. The molecule has 2 heterocycles. The molecule has 1 fully saturated rings. The summed E-state index contributed by atoms with van der Waals surface area (Å²) >= 11 is 1.66. The maximum atomic E-state index is 4.87. The molecule has 3 nitrogen and oxygen atoms in total. The van der Waals surface area contributed by atoms with Crippen LogP contribution in [0.2, 0.25) is 0 Å². The third-order valence-electron chi connectivity index (χ3n) is 4.47. The summed E-state index contributed by atoms with van der Waals surface area (Å²) in [6, 6.07) is 0. The van der Waals surface area contributed by atoms with Crippen molar-refractivity contribution < 1.29 is 0 Å². The van der Waals surface area contributed by atoms with E-state index in [-0.39, 0.29) is 0 Å². The molecule has 0 aromatic rings. The smallest absolute Gasteiger partial charge is 0.141 e. The Hall–Kier alpha value is -1.55. The van der Waals surface area contributed by atoms with Crippen LogP contribution in [-0.4, -0.2) is 36.6 Å². The van der Waals surface area contributed by atoms with Crippen molar-refractivity contribution in [1.29, 1.82) is 0 Å². The number of thioether (sulfide) groups is 1. The number of allylic oxidation sites excluding steroid dienone is 4. The van der Waals surface area contributed by atoms with E-state index < -0.39 is 0 Å². The van der Waals surface area contributed by atoms with E-state index in [1.807, 2.05) is 20.0 Å². The first-order valence-electron chi connectivity index (χ1n) is 8.80.